The number of carbonyl (C=O) groups excluding carboxylic acids is 2. The fourth-order valence-corrected chi connectivity index (χ4v) is 6.23. The maximum Gasteiger partial charge on any atom is 0.289 e. The highest BCUT2D eigenvalue weighted by Crippen LogP contribution is 2.42. The lowest BCUT2D eigenvalue weighted by Gasteiger charge is -2.46. The number of nitrogens with one attached hydrogen (secondary N) is 3. The van der Waals surface area contributed by atoms with Crippen molar-refractivity contribution in [1.82, 2.24) is 30.8 Å². The second-order valence-electron chi connectivity index (χ2n) is 11.5. The number of nitrogens with two attached hydrogens (primary N) is 2. The molecular formula is C27H34N10O4. The third-order valence-corrected chi connectivity index (χ3v) is 8.40. The van der Waals surface area contributed by atoms with Crippen molar-refractivity contribution < 1.29 is 19.4 Å². The molecule has 1 spiro atoms. The first kappa shape index (κ1) is 26.7. The Balaban J connectivity index is 1.23. The molecule has 2 aromatic rings. The summed E-state index contributed by atoms with van der Waals surface area (Å²) in [6, 6.07) is 5.11. The van der Waals surface area contributed by atoms with Gasteiger partial charge in [0.2, 0.25) is 5.82 Å². The summed E-state index contributed by atoms with van der Waals surface area (Å²) in [6.45, 7) is 6.73. The van der Waals surface area contributed by atoms with Crippen molar-refractivity contribution >= 4 is 23.7 Å². The van der Waals surface area contributed by atoms with Gasteiger partial charge >= 0.3 is 0 Å². The van der Waals surface area contributed by atoms with E-state index in [-0.39, 0.29) is 42.2 Å². The minimum absolute atomic E-state index is 0.0285. The smallest absolute Gasteiger partial charge is 0.289 e. The number of aliphatic hydroxyl groups is 1. The Morgan fingerprint density at radius 1 is 1.22 bits per heavy atom. The van der Waals surface area contributed by atoms with E-state index in [0.29, 0.717) is 23.6 Å². The number of guanidine groups is 2. The summed E-state index contributed by atoms with van der Waals surface area (Å²) in [5, 5.41) is 20.6. The number of aliphatic imine (C=N–C) groups is 2. The highest BCUT2D eigenvalue weighted by atomic mass is 16.5. The van der Waals surface area contributed by atoms with Gasteiger partial charge in [-0.25, -0.2) is 20.0 Å². The molecule has 5 atom stereocenters. The maximum absolute atomic E-state index is 13.6. The normalized spacial score (nSPS) is 29.1. The van der Waals surface area contributed by atoms with Gasteiger partial charge in [-0.05, 0) is 30.9 Å². The SMILES string of the molecule is Cc1ccnc(C(=O)NC[C@@H]2N=C(N)N3CC(NC(=O)c4cccc5c4OCCC5(C)C)[C@@H](O)C34NC(N)=NC24)n1. The number of aliphatic hydroxyl groups excluding tert-OH is 1. The number of hydrogen-bond acceptors (Lipinski definition) is 12. The Morgan fingerprint density at radius 2 is 2.02 bits per heavy atom. The van der Waals surface area contributed by atoms with E-state index in [1.807, 2.05) is 12.1 Å². The van der Waals surface area contributed by atoms with E-state index in [2.05, 4.69) is 49.8 Å². The van der Waals surface area contributed by atoms with Gasteiger partial charge in [-0.1, -0.05) is 26.0 Å². The first-order valence-electron chi connectivity index (χ1n) is 13.6. The first-order valence-corrected chi connectivity index (χ1v) is 13.6. The number of rotatable bonds is 5. The van der Waals surface area contributed by atoms with Crippen LogP contribution in [0.3, 0.4) is 0 Å². The number of amides is 2. The summed E-state index contributed by atoms with van der Waals surface area (Å²) in [6.07, 6.45) is 1.18. The van der Waals surface area contributed by atoms with Crippen LogP contribution in [0.4, 0.5) is 0 Å². The monoisotopic (exact) mass is 562 g/mol. The van der Waals surface area contributed by atoms with Crippen LogP contribution in [0.1, 0.15) is 52.5 Å². The highest BCUT2D eigenvalue weighted by molar-refractivity contribution is 5.98. The van der Waals surface area contributed by atoms with Crippen molar-refractivity contribution in [3.8, 4) is 5.75 Å². The molecule has 41 heavy (non-hydrogen) atoms. The summed E-state index contributed by atoms with van der Waals surface area (Å²) in [7, 11) is 0. The van der Waals surface area contributed by atoms with Crippen LogP contribution in [0.5, 0.6) is 5.75 Å². The summed E-state index contributed by atoms with van der Waals surface area (Å²) in [5.41, 5.74) is 13.1. The molecular weight excluding hydrogens is 528 g/mol. The van der Waals surface area contributed by atoms with Crippen LogP contribution in [0, 0.1) is 6.92 Å². The second-order valence-corrected chi connectivity index (χ2v) is 11.5. The second kappa shape index (κ2) is 9.58. The Bertz CT molecular complexity index is 1480. The average molecular weight is 563 g/mol. The highest BCUT2D eigenvalue weighted by Gasteiger charge is 2.65. The largest absolute Gasteiger partial charge is 0.492 e. The fraction of sp³-hybridized carbons (Fsp3) is 0.481. The zero-order valence-corrected chi connectivity index (χ0v) is 23.1. The Kier molecular flexibility index (Phi) is 6.25. The van der Waals surface area contributed by atoms with Crippen molar-refractivity contribution in [2.75, 3.05) is 19.7 Å². The molecule has 0 bridgehead atoms. The first-order chi connectivity index (χ1) is 19.5. The molecule has 0 saturated carbocycles. The topological polar surface area (TPSA) is 205 Å². The fourth-order valence-electron chi connectivity index (χ4n) is 6.23. The molecule has 5 heterocycles. The summed E-state index contributed by atoms with van der Waals surface area (Å²) >= 11 is 0. The maximum atomic E-state index is 13.6. The molecule has 0 aliphatic carbocycles. The van der Waals surface area contributed by atoms with E-state index >= 15 is 0 Å². The van der Waals surface area contributed by atoms with Gasteiger partial charge in [0.15, 0.2) is 17.6 Å². The lowest BCUT2D eigenvalue weighted by molar-refractivity contribution is 0.0143. The predicted molar refractivity (Wildman–Crippen MR) is 149 cm³/mol. The van der Waals surface area contributed by atoms with E-state index in [4.69, 9.17) is 16.2 Å². The molecule has 14 heteroatoms. The van der Waals surface area contributed by atoms with Crippen molar-refractivity contribution in [3.63, 3.8) is 0 Å². The van der Waals surface area contributed by atoms with Gasteiger partial charge in [0, 0.05) is 30.5 Å². The third-order valence-electron chi connectivity index (χ3n) is 8.40. The number of nitrogens with zero attached hydrogens (tertiary/aromatic N) is 5. The van der Waals surface area contributed by atoms with Gasteiger partial charge in [0.25, 0.3) is 11.8 Å². The standard InChI is InChI=1S/C27H34N10O4/c1-13-7-9-30-21(32-13)23(40)31-11-16-19-27(36-24(28)35-19)20(38)17(12-37(27)25(29)34-16)33-22(39)14-5-4-6-15-18(14)41-10-8-26(15,2)3/h4-7,9,16-17,19-20,38H,8,10-12H2,1-3H3,(H2,29,34)(H,31,40)(H,33,39)(H3,28,35,36)/t16-,17?,19?,20+,27?/m0/s1. The molecule has 1 aromatic heterocycles. The van der Waals surface area contributed by atoms with Gasteiger partial charge in [-0.2, -0.15) is 0 Å². The number of para-hydroxylation sites is 1. The number of benzene rings is 1. The lowest BCUT2D eigenvalue weighted by atomic mass is 9.79. The van der Waals surface area contributed by atoms with Crippen LogP contribution in [0.2, 0.25) is 0 Å². The van der Waals surface area contributed by atoms with Crippen LogP contribution < -0.4 is 32.2 Å². The summed E-state index contributed by atoms with van der Waals surface area (Å²) in [5.74, 6) is -0.0367. The number of aryl methyl sites for hydroxylation is 1. The van der Waals surface area contributed by atoms with Gasteiger partial charge in [-0.15, -0.1) is 0 Å². The Morgan fingerprint density at radius 3 is 2.80 bits per heavy atom. The molecule has 2 amide bonds. The number of fused-ring (bicyclic) bond motifs is 1. The van der Waals surface area contributed by atoms with E-state index in [0.717, 1.165) is 12.0 Å². The van der Waals surface area contributed by atoms with Gasteiger partial charge in [0.05, 0.1) is 24.3 Å². The third kappa shape index (κ3) is 4.29. The molecule has 14 nitrogen and oxygen atoms in total. The Hall–Kier alpha value is -4.46. The van der Waals surface area contributed by atoms with Crippen molar-refractivity contribution in [2.24, 2.45) is 21.5 Å². The van der Waals surface area contributed by atoms with Crippen molar-refractivity contribution in [3.05, 3.63) is 53.1 Å². The molecule has 1 saturated heterocycles. The molecule has 6 rings (SSSR count). The van der Waals surface area contributed by atoms with Gasteiger partial charge < -0.3 is 42.2 Å². The van der Waals surface area contributed by atoms with E-state index in [1.54, 1.807) is 24.0 Å². The molecule has 0 radical (unpaired) electrons. The molecule has 1 aromatic carbocycles. The van der Waals surface area contributed by atoms with Crippen LogP contribution >= 0.6 is 0 Å². The zero-order valence-electron chi connectivity index (χ0n) is 23.1. The summed E-state index contributed by atoms with van der Waals surface area (Å²) in [4.78, 5) is 45.2. The van der Waals surface area contributed by atoms with Crippen molar-refractivity contribution in [1.29, 1.82) is 0 Å². The number of ether oxygens (including phenoxy) is 1. The molecule has 4 aliphatic heterocycles. The average Bonchev–Trinajstić information content (AvgIpc) is 3.43. The van der Waals surface area contributed by atoms with Crippen LogP contribution in [0.25, 0.3) is 0 Å². The summed E-state index contributed by atoms with van der Waals surface area (Å²) < 4.78 is 5.93. The van der Waals surface area contributed by atoms with Crippen LogP contribution in [-0.2, 0) is 5.41 Å². The molecule has 8 N–H and O–H groups in total. The number of hydrogen-bond donors (Lipinski definition) is 6. The molecule has 3 unspecified atom stereocenters. The van der Waals surface area contributed by atoms with Gasteiger partial charge in [-0.3, -0.25) is 9.59 Å². The lowest BCUT2D eigenvalue weighted by Crippen LogP contribution is -2.73. The number of aromatic nitrogens is 2. The quantitative estimate of drug-likeness (QED) is 0.255. The zero-order chi connectivity index (χ0) is 29.1. The van der Waals surface area contributed by atoms with Crippen LogP contribution in [0.15, 0.2) is 40.4 Å². The van der Waals surface area contributed by atoms with E-state index < -0.39 is 35.8 Å². The number of carbonyl (C=O) groups is 2. The van der Waals surface area contributed by atoms with E-state index in [9.17, 15) is 14.7 Å². The van der Waals surface area contributed by atoms with Crippen LogP contribution in [-0.4, -0.2) is 93.3 Å². The minimum atomic E-state index is -1.27. The molecule has 1 fully saturated rings. The van der Waals surface area contributed by atoms with Gasteiger partial charge in [0.1, 0.15) is 17.9 Å². The Labute approximate surface area is 236 Å². The van der Waals surface area contributed by atoms with Crippen molar-refractivity contribution in [2.45, 2.75) is 62.5 Å². The van der Waals surface area contributed by atoms with E-state index in [1.165, 1.54) is 6.20 Å². The molecule has 216 valence electrons. The predicted octanol–water partition coefficient (Wildman–Crippen LogP) is -1.27. The minimum Gasteiger partial charge on any atom is -0.492 e. The molecule has 4 aliphatic rings.